The van der Waals surface area contributed by atoms with Crippen molar-refractivity contribution >= 4 is 33.8 Å². The van der Waals surface area contributed by atoms with Crippen molar-refractivity contribution in [3.63, 3.8) is 0 Å². The standard InChI is InChI=1S/C27H28BrNO7/c1-6-34-26(31)22-15(3)29-16(4)23(27(32)35-7-2)24(22)17-12-13-20(21(14-17)33-5)36-25(30)18-10-8-9-11-19(18)28/h8-14,24,29H,6-7H2,1-5H3. The van der Waals surface area contributed by atoms with Gasteiger partial charge in [-0.05, 0) is 73.5 Å². The zero-order chi connectivity index (χ0) is 26.4. The summed E-state index contributed by atoms with van der Waals surface area (Å²) in [6.07, 6.45) is 0. The van der Waals surface area contributed by atoms with E-state index in [2.05, 4.69) is 21.2 Å². The average Bonchev–Trinajstić information content (AvgIpc) is 2.84. The van der Waals surface area contributed by atoms with Gasteiger partial charge in [0.15, 0.2) is 11.5 Å². The molecule has 8 nitrogen and oxygen atoms in total. The van der Waals surface area contributed by atoms with E-state index in [1.807, 2.05) is 0 Å². The Kier molecular flexibility index (Phi) is 8.93. The normalized spacial score (nSPS) is 13.7. The zero-order valence-corrected chi connectivity index (χ0v) is 22.4. The molecule has 36 heavy (non-hydrogen) atoms. The Balaban J connectivity index is 2.08. The molecule has 0 amide bonds. The minimum Gasteiger partial charge on any atom is -0.493 e. The van der Waals surface area contributed by atoms with Gasteiger partial charge in [0.2, 0.25) is 0 Å². The lowest BCUT2D eigenvalue weighted by atomic mass is 9.80. The lowest BCUT2D eigenvalue weighted by Gasteiger charge is -2.30. The fourth-order valence-electron chi connectivity index (χ4n) is 4.02. The molecule has 1 aliphatic heterocycles. The van der Waals surface area contributed by atoms with Gasteiger partial charge < -0.3 is 24.3 Å². The highest BCUT2D eigenvalue weighted by atomic mass is 79.9. The van der Waals surface area contributed by atoms with Crippen LogP contribution < -0.4 is 14.8 Å². The van der Waals surface area contributed by atoms with Crippen LogP contribution in [0.2, 0.25) is 0 Å². The van der Waals surface area contributed by atoms with Gasteiger partial charge in [-0.25, -0.2) is 14.4 Å². The summed E-state index contributed by atoms with van der Waals surface area (Å²) in [5.74, 6) is -2.01. The van der Waals surface area contributed by atoms with E-state index < -0.39 is 23.8 Å². The van der Waals surface area contributed by atoms with E-state index in [4.69, 9.17) is 18.9 Å². The summed E-state index contributed by atoms with van der Waals surface area (Å²) < 4.78 is 22.3. The van der Waals surface area contributed by atoms with Crippen molar-refractivity contribution in [3.05, 3.63) is 80.6 Å². The molecule has 1 aliphatic rings. The van der Waals surface area contributed by atoms with E-state index in [0.717, 1.165) is 0 Å². The lowest BCUT2D eigenvalue weighted by Crippen LogP contribution is -2.32. The van der Waals surface area contributed by atoms with Crippen molar-refractivity contribution in [1.82, 2.24) is 5.32 Å². The molecule has 0 fully saturated rings. The summed E-state index contributed by atoms with van der Waals surface area (Å²) in [5, 5.41) is 3.10. The number of hydrogen-bond donors (Lipinski definition) is 1. The van der Waals surface area contributed by atoms with Gasteiger partial charge in [0, 0.05) is 15.9 Å². The monoisotopic (exact) mass is 557 g/mol. The maximum atomic E-state index is 13.0. The molecule has 0 bridgehead atoms. The van der Waals surface area contributed by atoms with Gasteiger partial charge >= 0.3 is 17.9 Å². The molecule has 2 aromatic carbocycles. The maximum Gasteiger partial charge on any atom is 0.344 e. The number of nitrogens with one attached hydrogen (secondary N) is 1. The third kappa shape index (κ3) is 5.62. The number of halogens is 1. The molecule has 1 N–H and O–H groups in total. The van der Waals surface area contributed by atoms with Crippen molar-refractivity contribution in [2.75, 3.05) is 20.3 Å². The van der Waals surface area contributed by atoms with Gasteiger partial charge in [-0.15, -0.1) is 0 Å². The first-order valence-corrected chi connectivity index (χ1v) is 12.2. The summed E-state index contributed by atoms with van der Waals surface area (Å²) in [5.41, 5.74) is 2.61. The Labute approximate surface area is 218 Å². The number of allylic oxidation sites excluding steroid dienone is 2. The Morgan fingerprint density at radius 3 is 1.97 bits per heavy atom. The van der Waals surface area contributed by atoms with Crippen LogP contribution in [0.4, 0.5) is 0 Å². The third-order valence-corrected chi connectivity index (χ3v) is 6.26. The Bertz CT molecular complexity index is 1210. The number of hydrogen-bond acceptors (Lipinski definition) is 8. The quantitative estimate of drug-likeness (QED) is 0.356. The minimum absolute atomic E-state index is 0.174. The van der Waals surface area contributed by atoms with Crippen LogP contribution in [-0.4, -0.2) is 38.2 Å². The first-order chi connectivity index (χ1) is 17.2. The molecule has 1 heterocycles. The van der Waals surface area contributed by atoms with Crippen molar-refractivity contribution in [1.29, 1.82) is 0 Å². The van der Waals surface area contributed by atoms with Crippen LogP contribution in [0.15, 0.2) is 69.5 Å². The molecule has 9 heteroatoms. The summed E-state index contributed by atoms with van der Waals surface area (Å²) in [4.78, 5) is 38.7. The molecule has 0 saturated heterocycles. The Hall–Kier alpha value is -3.59. The van der Waals surface area contributed by atoms with Gasteiger partial charge in [-0.3, -0.25) is 0 Å². The number of benzene rings is 2. The summed E-state index contributed by atoms with van der Waals surface area (Å²) >= 11 is 3.35. The molecule has 0 saturated carbocycles. The molecule has 190 valence electrons. The van der Waals surface area contributed by atoms with E-state index in [-0.39, 0.29) is 35.9 Å². The number of carbonyl (C=O) groups is 3. The smallest absolute Gasteiger partial charge is 0.344 e. The molecule has 3 rings (SSSR count). The van der Waals surface area contributed by atoms with E-state index in [1.54, 1.807) is 70.2 Å². The highest BCUT2D eigenvalue weighted by molar-refractivity contribution is 9.10. The van der Waals surface area contributed by atoms with Gasteiger partial charge in [-0.1, -0.05) is 18.2 Å². The molecule has 2 aromatic rings. The van der Waals surface area contributed by atoms with Crippen molar-refractivity contribution < 1.29 is 33.3 Å². The van der Waals surface area contributed by atoms with Crippen LogP contribution in [0.1, 0.15) is 49.5 Å². The molecule has 0 spiro atoms. The number of dihydropyridines is 1. The van der Waals surface area contributed by atoms with Crippen molar-refractivity contribution in [3.8, 4) is 11.5 Å². The van der Waals surface area contributed by atoms with Crippen LogP contribution in [0.25, 0.3) is 0 Å². The molecule has 0 aromatic heterocycles. The topological polar surface area (TPSA) is 100 Å². The van der Waals surface area contributed by atoms with E-state index >= 15 is 0 Å². The van der Waals surface area contributed by atoms with Crippen LogP contribution in [0.5, 0.6) is 11.5 Å². The molecule has 0 unspecified atom stereocenters. The largest absolute Gasteiger partial charge is 0.493 e. The molecular formula is C27H28BrNO7. The van der Waals surface area contributed by atoms with Crippen molar-refractivity contribution in [2.45, 2.75) is 33.6 Å². The highest BCUT2D eigenvalue weighted by Gasteiger charge is 2.38. The van der Waals surface area contributed by atoms with Gasteiger partial charge in [0.1, 0.15) is 0 Å². The second-order valence-corrected chi connectivity index (χ2v) is 8.71. The first-order valence-electron chi connectivity index (χ1n) is 11.4. The SMILES string of the molecule is CCOC(=O)C1=C(C)NC(C)=C(C(=O)OCC)C1c1ccc(OC(=O)c2ccccc2Br)c(OC)c1. The fourth-order valence-corrected chi connectivity index (χ4v) is 4.46. The van der Waals surface area contributed by atoms with Crippen LogP contribution in [0, 0.1) is 0 Å². The number of esters is 3. The van der Waals surface area contributed by atoms with Crippen molar-refractivity contribution in [2.24, 2.45) is 0 Å². The second kappa shape index (κ2) is 11.9. The van der Waals surface area contributed by atoms with Crippen LogP contribution >= 0.6 is 15.9 Å². The van der Waals surface area contributed by atoms with E-state index in [9.17, 15) is 14.4 Å². The Morgan fingerprint density at radius 2 is 1.44 bits per heavy atom. The molecule has 0 atom stereocenters. The number of carbonyl (C=O) groups excluding carboxylic acids is 3. The summed E-state index contributed by atoms with van der Waals surface area (Å²) in [6, 6.07) is 11.8. The minimum atomic E-state index is -0.786. The zero-order valence-electron chi connectivity index (χ0n) is 20.8. The van der Waals surface area contributed by atoms with Gasteiger partial charge in [0.05, 0.1) is 43.0 Å². The van der Waals surface area contributed by atoms with Crippen LogP contribution in [-0.2, 0) is 19.1 Å². The lowest BCUT2D eigenvalue weighted by molar-refractivity contribution is -0.139. The molecule has 0 radical (unpaired) electrons. The fraction of sp³-hybridized carbons (Fsp3) is 0.296. The number of methoxy groups -OCH3 is 1. The number of rotatable bonds is 8. The van der Waals surface area contributed by atoms with E-state index in [1.165, 1.54) is 7.11 Å². The van der Waals surface area contributed by atoms with E-state index in [0.29, 0.717) is 27.0 Å². The molecular weight excluding hydrogens is 530 g/mol. The predicted molar refractivity (Wildman–Crippen MR) is 137 cm³/mol. The van der Waals surface area contributed by atoms with Gasteiger partial charge in [-0.2, -0.15) is 0 Å². The van der Waals surface area contributed by atoms with Gasteiger partial charge in [0.25, 0.3) is 0 Å². The maximum absolute atomic E-state index is 13.0. The van der Waals surface area contributed by atoms with Crippen LogP contribution in [0.3, 0.4) is 0 Å². The predicted octanol–water partition coefficient (Wildman–Crippen LogP) is 5.04. The highest BCUT2D eigenvalue weighted by Crippen LogP contribution is 2.42. The average molecular weight is 558 g/mol. The molecule has 0 aliphatic carbocycles. The number of ether oxygens (including phenoxy) is 4. The summed E-state index contributed by atoms with van der Waals surface area (Å²) in [6.45, 7) is 7.26. The first kappa shape index (κ1) is 27.0. The third-order valence-electron chi connectivity index (χ3n) is 5.57. The Morgan fingerprint density at radius 1 is 0.861 bits per heavy atom. The second-order valence-electron chi connectivity index (χ2n) is 7.86. The summed E-state index contributed by atoms with van der Waals surface area (Å²) in [7, 11) is 1.44.